The molecule has 7 heteroatoms. The van der Waals surface area contributed by atoms with E-state index in [1.54, 1.807) is 42.5 Å². The van der Waals surface area contributed by atoms with E-state index in [-0.39, 0.29) is 17.6 Å². The van der Waals surface area contributed by atoms with Gasteiger partial charge in [0.1, 0.15) is 11.2 Å². The Bertz CT molecular complexity index is 1230. The lowest BCUT2D eigenvalue weighted by Crippen LogP contribution is -2.36. The molecule has 33 heavy (non-hydrogen) atoms. The molecule has 1 fully saturated rings. The molecule has 1 amide bonds. The molecule has 1 N–H and O–H groups in total. The van der Waals surface area contributed by atoms with Crippen LogP contribution in [0.4, 0.5) is 5.69 Å². The second-order valence-corrected chi connectivity index (χ2v) is 8.55. The first-order valence-corrected chi connectivity index (χ1v) is 10.9. The number of nitrogens with zero attached hydrogens (tertiary/aromatic N) is 1. The van der Waals surface area contributed by atoms with Crippen LogP contribution in [-0.2, 0) is 15.1 Å². The number of pyridine rings is 1. The summed E-state index contributed by atoms with van der Waals surface area (Å²) >= 11 is 0. The molecule has 0 unspecified atom stereocenters. The first-order valence-electron chi connectivity index (χ1n) is 10.9. The first kappa shape index (κ1) is 20.9. The molecule has 0 bridgehead atoms. The van der Waals surface area contributed by atoms with Gasteiger partial charge in [-0.1, -0.05) is 30.3 Å². The summed E-state index contributed by atoms with van der Waals surface area (Å²) in [5.41, 5.74) is 2.08. The molecule has 0 atom stereocenters. The van der Waals surface area contributed by atoms with Gasteiger partial charge in [-0.2, -0.15) is 4.73 Å². The molecule has 0 saturated heterocycles. The number of anilines is 1. The van der Waals surface area contributed by atoms with Crippen LogP contribution in [0.5, 0.6) is 0 Å². The van der Waals surface area contributed by atoms with E-state index in [1.807, 2.05) is 18.2 Å². The highest BCUT2D eigenvalue weighted by atomic mass is 16.6. The van der Waals surface area contributed by atoms with Crippen molar-refractivity contribution in [3.63, 3.8) is 0 Å². The van der Waals surface area contributed by atoms with Crippen LogP contribution in [0.3, 0.4) is 0 Å². The minimum absolute atomic E-state index is 0.0695. The number of hydrogen-bond donors (Lipinski definition) is 1. The number of amides is 1. The van der Waals surface area contributed by atoms with Gasteiger partial charge in [-0.25, -0.2) is 4.79 Å². The molecule has 0 radical (unpaired) electrons. The van der Waals surface area contributed by atoms with Crippen LogP contribution < -0.4 is 10.0 Å². The molecule has 1 saturated carbocycles. The van der Waals surface area contributed by atoms with Gasteiger partial charge in [0.15, 0.2) is 18.2 Å². The lowest BCUT2D eigenvalue weighted by molar-refractivity contribution is -0.605. The van der Waals surface area contributed by atoms with Crippen LogP contribution >= 0.6 is 0 Å². The zero-order chi connectivity index (χ0) is 23.0. The summed E-state index contributed by atoms with van der Waals surface area (Å²) in [7, 11) is 0. The number of ether oxygens (including phenoxy) is 1. The number of ketones is 1. The monoisotopic (exact) mass is 442 g/mol. The smallest absolute Gasteiger partial charge is 0.345 e. The molecule has 2 aliphatic rings. The highest BCUT2D eigenvalue weighted by molar-refractivity contribution is 6.09. The van der Waals surface area contributed by atoms with E-state index in [4.69, 9.17) is 4.74 Å². The standard InChI is InChI=1S/C26H22N2O5/c29-23(17-4-2-1-3-5-17)18-6-8-20(9-7-18)27-24(30)19-10-13-26(14-11-19)22-12-15-28(32)16-21(22)25(31)33-26/h1-9,12,15-16,19H,10-11,13-14H2,(H,27,30)/t19-,26-. The Kier molecular flexibility index (Phi) is 5.17. The third-order valence-electron chi connectivity index (χ3n) is 6.55. The van der Waals surface area contributed by atoms with Gasteiger partial charge < -0.3 is 15.3 Å². The Labute approximate surface area is 190 Å². The highest BCUT2D eigenvalue weighted by Crippen LogP contribution is 2.47. The van der Waals surface area contributed by atoms with E-state index in [0.717, 1.165) is 5.56 Å². The second-order valence-electron chi connectivity index (χ2n) is 8.55. The van der Waals surface area contributed by atoms with Gasteiger partial charge in [0.2, 0.25) is 5.91 Å². The predicted octanol–water partition coefficient (Wildman–Crippen LogP) is 3.75. The molecule has 5 rings (SSSR count). The van der Waals surface area contributed by atoms with E-state index < -0.39 is 11.6 Å². The Morgan fingerprint density at radius 1 is 0.970 bits per heavy atom. The van der Waals surface area contributed by atoms with Crippen LogP contribution in [-0.4, -0.2) is 17.7 Å². The fraction of sp³-hybridized carbons (Fsp3) is 0.231. The zero-order valence-electron chi connectivity index (χ0n) is 17.8. The number of carbonyl (C=O) groups is 3. The van der Waals surface area contributed by atoms with Gasteiger partial charge in [0, 0.05) is 34.4 Å². The molecule has 1 spiro atoms. The van der Waals surface area contributed by atoms with Gasteiger partial charge in [0.25, 0.3) is 0 Å². The Balaban J connectivity index is 1.22. The fourth-order valence-electron chi connectivity index (χ4n) is 4.75. The lowest BCUT2D eigenvalue weighted by Gasteiger charge is -2.35. The Morgan fingerprint density at radius 2 is 1.64 bits per heavy atom. The largest absolute Gasteiger partial charge is 0.619 e. The van der Waals surface area contributed by atoms with Crippen LogP contribution in [0.1, 0.15) is 57.5 Å². The molecular formula is C26H22N2O5. The van der Waals surface area contributed by atoms with E-state index >= 15 is 0 Å². The molecule has 7 nitrogen and oxygen atoms in total. The van der Waals surface area contributed by atoms with Crippen LogP contribution in [0.15, 0.2) is 73.1 Å². The summed E-state index contributed by atoms with van der Waals surface area (Å²) in [5, 5.41) is 14.5. The van der Waals surface area contributed by atoms with E-state index in [9.17, 15) is 19.6 Å². The normalized spacial score (nSPS) is 21.3. The summed E-state index contributed by atoms with van der Waals surface area (Å²) in [4.78, 5) is 37.6. The molecule has 3 aromatic rings. The Morgan fingerprint density at radius 3 is 2.33 bits per heavy atom. The minimum Gasteiger partial charge on any atom is -0.619 e. The second kappa shape index (κ2) is 8.16. The summed E-state index contributed by atoms with van der Waals surface area (Å²) in [6.45, 7) is 0. The van der Waals surface area contributed by atoms with Gasteiger partial charge in [-0.05, 0) is 49.9 Å². The number of benzene rings is 2. The van der Waals surface area contributed by atoms with Crippen molar-refractivity contribution in [1.82, 2.24) is 0 Å². The number of carbonyl (C=O) groups excluding carboxylic acids is 3. The van der Waals surface area contributed by atoms with E-state index in [2.05, 4.69) is 5.32 Å². The number of nitrogens with one attached hydrogen (secondary N) is 1. The lowest BCUT2D eigenvalue weighted by atomic mass is 9.75. The van der Waals surface area contributed by atoms with Crippen molar-refractivity contribution in [3.05, 3.63) is 101 Å². The van der Waals surface area contributed by atoms with Crippen molar-refractivity contribution in [2.75, 3.05) is 5.32 Å². The summed E-state index contributed by atoms with van der Waals surface area (Å²) < 4.78 is 6.27. The zero-order valence-corrected chi connectivity index (χ0v) is 17.8. The average molecular weight is 442 g/mol. The highest BCUT2D eigenvalue weighted by Gasteiger charge is 2.49. The van der Waals surface area contributed by atoms with Crippen molar-refractivity contribution in [2.24, 2.45) is 5.92 Å². The molecule has 2 heterocycles. The van der Waals surface area contributed by atoms with E-state index in [0.29, 0.717) is 52.8 Å². The third kappa shape index (κ3) is 3.86. The van der Waals surface area contributed by atoms with Gasteiger partial charge in [0.05, 0.1) is 0 Å². The summed E-state index contributed by atoms with van der Waals surface area (Å²) in [6.07, 6.45) is 4.80. The minimum atomic E-state index is -0.753. The number of hydrogen-bond acceptors (Lipinski definition) is 5. The number of aromatic nitrogens is 1. The molecule has 1 aromatic heterocycles. The summed E-state index contributed by atoms with van der Waals surface area (Å²) in [6, 6.07) is 17.6. The van der Waals surface area contributed by atoms with Crippen molar-refractivity contribution < 1.29 is 23.9 Å². The maximum atomic E-state index is 12.8. The van der Waals surface area contributed by atoms with Gasteiger partial charge >= 0.3 is 5.97 Å². The van der Waals surface area contributed by atoms with Crippen molar-refractivity contribution in [2.45, 2.75) is 31.3 Å². The molecular weight excluding hydrogens is 420 g/mol. The third-order valence-corrected chi connectivity index (χ3v) is 6.55. The van der Waals surface area contributed by atoms with Gasteiger partial charge in [-0.3, -0.25) is 9.59 Å². The van der Waals surface area contributed by atoms with Crippen LogP contribution in [0.2, 0.25) is 0 Å². The quantitative estimate of drug-likeness (QED) is 0.287. The number of fused-ring (bicyclic) bond motifs is 2. The molecule has 1 aliphatic carbocycles. The van der Waals surface area contributed by atoms with Crippen molar-refractivity contribution >= 4 is 23.3 Å². The van der Waals surface area contributed by atoms with E-state index in [1.165, 1.54) is 12.4 Å². The van der Waals surface area contributed by atoms with Crippen LogP contribution in [0, 0.1) is 11.1 Å². The maximum Gasteiger partial charge on any atom is 0.345 e. The SMILES string of the molecule is O=C(c1ccccc1)c1ccc(NC(=O)[C@H]2CC[C@@]3(CC2)OC(=O)c2c[n+]([O-])ccc23)cc1. The molecule has 2 aromatic carbocycles. The Hall–Kier alpha value is -4.00. The average Bonchev–Trinajstić information content (AvgIpc) is 3.10. The maximum absolute atomic E-state index is 12.8. The predicted molar refractivity (Wildman–Crippen MR) is 119 cm³/mol. The fourth-order valence-corrected chi connectivity index (χ4v) is 4.75. The van der Waals surface area contributed by atoms with Gasteiger partial charge in [-0.15, -0.1) is 0 Å². The number of rotatable bonds is 4. The van der Waals surface area contributed by atoms with Crippen molar-refractivity contribution in [3.8, 4) is 0 Å². The molecule has 166 valence electrons. The molecule has 1 aliphatic heterocycles. The number of esters is 1. The van der Waals surface area contributed by atoms with Crippen LogP contribution in [0.25, 0.3) is 0 Å². The first-order chi connectivity index (χ1) is 15.9. The summed E-state index contributed by atoms with van der Waals surface area (Å²) in [5.74, 6) is -0.859. The van der Waals surface area contributed by atoms with Crippen molar-refractivity contribution in [1.29, 1.82) is 0 Å². The topological polar surface area (TPSA) is 99.4 Å².